The summed E-state index contributed by atoms with van der Waals surface area (Å²) in [7, 11) is 0. The first-order valence-corrected chi connectivity index (χ1v) is 7.97. The Hall–Kier alpha value is -0.810. The quantitative estimate of drug-likeness (QED) is 0.861. The van der Waals surface area contributed by atoms with Crippen LogP contribution in [0.15, 0.2) is 24.3 Å². The summed E-state index contributed by atoms with van der Waals surface area (Å²) in [5.41, 5.74) is 6.62. The molecule has 6 heteroatoms. The first-order valence-electron chi connectivity index (χ1n) is 7.59. The SMILES string of the molecule is CC1CCCN(CCC(=O)Nc2cccc(Cl)c2)C1CN.Cl. The Labute approximate surface area is 143 Å². The Kier molecular flexibility index (Phi) is 8.18. The van der Waals surface area contributed by atoms with E-state index in [4.69, 9.17) is 17.3 Å². The van der Waals surface area contributed by atoms with Gasteiger partial charge >= 0.3 is 0 Å². The first-order chi connectivity index (χ1) is 10.1. The number of carbonyl (C=O) groups excluding carboxylic acids is 1. The van der Waals surface area contributed by atoms with Gasteiger partial charge in [-0.3, -0.25) is 9.69 Å². The fraction of sp³-hybridized carbons (Fsp3) is 0.562. The number of halogens is 2. The van der Waals surface area contributed by atoms with Crippen molar-refractivity contribution in [3.8, 4) is 0 Å². The summed E-state index contributed by atoms with van der Waals surface area (Å²) in [4.78, 5) is 14.4. The second-order valence-electron chi connectivity index (χ2n) is 5.77. The number of carbonyl (C=O) groups is 1. The highest BCUT2D eigenvalue weighted by molar-refractivity contribution is 6.30. The standard InChI is InChI=1S/C16H24ClN3O.ClH/c1-12-4-3-8-20(15(12)11-18)9-7-16(21)19-14-6-2-5-13(17)10-14;/h2,5-6,10,12,15H,3-4,7-9,11,18H2,1H3,(H,19,21);1H. The fourth-order valence-corrected chi connectivity index (χ4v) is 3.22. The van der Waals surface area contributed by atoms with E-state index in [2.05, 4.69) is 17.1 Å². The van der Waals surface area contributed by atoms with E-state index >= 15 is 0 Å². The van der Waals surface area contributed by atoms with E-state index in [0.717, 1.165) is 18.8 Å². The zero-order valence-electron chi connectivity index (χ0n) is 12.9. The van der Waals surface area contributed by atoms with E-state index in [1.807, 2.05) is 12.1 Å². The number of amides is 1. The van der Waals surface area contributed by atoms with Gasteiger partial charge in [0.2, 0.25) is 5.91 Å². The van der Waals surface area contributed by atoms with E-state index in [0.29, 0.717) is 29.9 Å². The molecule has 0 spiro atoms. The Balaban J connectivity index is 0.00000242. The average molecular weight is 346 g/mol. The topological polar surface area (TPSA) is 58.4 Å². The second kappa shape index (κ2) is 9.36. The van der Waals surface area contributed by atoms with Gasteiger partial charge in [0.05, 0.1) is 0 Å². The molecule has 4 nitrogen and oxygen atoms in total. The molecule has 1 heterocycles. The molecule has 124 valence electrons. The number of nitrogens with two attached hydrogens (primary N) is 1. The van der Waals surface area contributed by atoms with Crippen molar-refractivity contribution in [3.05, 3.63) is 29.3 Å². The predicted octanol–water partition coefficient (Wildman–Crippen LogP) is 3.15. The summed E-state index contributed by atoms with van der Waals surface area (Å²) in [5.74, 6) is 0.631. The van der Waals surface area contributed by atoms with Crippen LogP contribution in [0.1, 0.15) is 26.2 Å². The third-order valence-corrected chi connectivity index (χ3v) is 4.44. The first kappa shape index (κ1) is 19.2. The number of piperidine rings is 1. The van der Waals surface area contributed by atoms with E-state index in [1.165, 1.54) is 12.8 Å². The van der Waals surface area contributed by atoms with Gasteiger partial charge in [0.1, 0.15) is 0 Å². The number of rotatable bonds is 5. The molecule has 1 aliphatic rings. The highest BCUT2D eigenvalue weighted by atomic mass is 35.5. The van der Waals surface area contributed by atoms with Crippen LogP contribution in [-0.2, 0) is 4.79 Å². The van der Waals surface area contributed by atoms with Gasteiger partial charge in [0.15, 0.2) is 0 Å². The summed E-state index contributed by atoms with van der Waals surface area (Å²) >= 11 is 5.91. The molecule has 0 aromatic heterocycles. The Morgan fingerprint density at radius 2 is 2.27 bits per heavy atom. The molecule has 0 saturated carbocycles. The second-order valence-corrected chi connectivity index (χ2v) is 6.20. The largest absolute Gasteiger partial charge is 0.329 e. The molecule has 1 saturated heterocycles. The van der Waals surface area contributed by atoms with E-state index < -0.39 is 0 Å². The van der Waals surface area contributed by atoms with Gasteiger partial charge in [-0.1, -0.05) is 24.6 Å². The van der Waals surface area contributed by atoms with E-state index in [-0.39, 0.29) is 18.3 Å². The van der Waals surface area contributed by atoms with Gasteiger partial charge in [0.25, 0.3) is 0 Å². The number of nitrogens with zero attached hydrogens (tertiary/aromatic N) is 1. The smallest absolute Gasteiger partial charge is 0.225 e. The molecular formula is C16H25Cl2N3O. The maximum atomic E-state index is 12.0. The molecule has 3 N–H and O–H groups in total. The summed E-state index contributed by atoms with van der Waals surface area (Å²) in [5, 5.41) is 3.51. The molecule has 2 rings (SSSR count). The number of anilines is 1. The minimum Gasteiger partial charge on any atom is -0.329 e. The summed E-state index contributed by atoms with van der Waals surface area (Å²) in [6, 6.07) is 7.62. The lowest BCUT2D eigenvalue weighted by atomic mass is 9.90. The summed E-state index contributed by atoms with van der Waals surface area (Å²) in [6.45, 7) is 4.71. The van der Waals surface area contributed by atoms with Crippen molar-refractivity contribution in [3.63, 3.8) is 0 Å². The van der Waals surface area contributed by atoms with Crippen LogP contribution in [0, 0.1) is 5.92 Å². The zero-order valence-corrected chi connectivity index (χ0v) is 14.5. The summed E-state index contributed by atoms with van der Waals surface area (Å²) in [6.07, 6.45) is 2.90. The molecular weight excluding hydrogens is 321 g/mol. The molecule has 1 amide bonds. The zero-order chi connectivity index (χ0) is 15.2. The molecule has 2 unspecified atom stereocenters. The monoisotopic (exact) mass is 345 g/mol. The van der Waals surface area contributed by atoms with Crippen LogP contribution in [0.2, 0.25) is 5.02 Å². The maximum absolute atomic E-state index is 12.0. The minimum atomic E-state index is 0. The van der Waals surface area contributed by atoms with Crippen LogP contribution in [0.25, 0.3) is 0 Å². The average Bonchev–Trinajstić information content (AvgIpc) is 2.45. The molecule has 0 bridgehead atoms. The lowest BCUT2D eigenvalue weighted by molar-refractivity contribution is -0.116. The van der Waals surface area contributed by atoms with Crippen LogP contribution < -0.4 is 11.1 Å². The lowest BCUT2D eigenvalue weighted by Crippen LogP contribution is -2.49. The van der Waals surface area contributed by atoms with E-state index in [1.54, 1.807) is 12.1 Å². The van der Waals surface area contributed by atoms with Crippen molar-refractivity contribution < 1.29 is 4.79 Å². The number of benzene rings is 1. The predicted molar refractivity (Wildman–Crippen MR) is 94.8 cm³/mol. The lowest BCUT2D eigenvalue weighted by Gasteiger charge is -2.39. The summed E-state index contributed by atoms with van der Waals surface area (Å²) < 4.78 is 0. The normalized spacial score (nSPS) is 22.0. The van der Waals surface area contributed by atoms with Crippen molar-refractivity contribution in [2.75, 3.05) is 25.0 Å². The molecule has 1 aromatic rings. The van der Waals surface area contributed by atoms with Gasteiger partial charge in [-0.25, -0.2) is 0 Å². The van der Waals surface area contributed by atoms with Crippen LogP contribution in [-0.4, -0.2) is 36.5 Å². The minimum absolute atomic E-state index is 0. The van der Waals surface area contributed by atoms with Gasteiger partial charge in [-0.2, -0.15) is 0 Å². The van der Waals surface area contributed by atoms with Crippen molar-refractivity contribution in [2.45, 2.75) is 32.2 Å². The van der Waals surface area contributed by atoms with Crippen molar-refractivity contribution in [2.24, 2.45) is 11.7 Å². The third kappa shape index (κ3) is 5.43. The Bertz CT molecular complexity index is 484. The number of nitrogens with one attached hydrogen (secondary N) is 1. The fourth-order valence-electron chi connectivity index (χ4n) is 3.03. The van der Waals surface area contributed by atoms with Crippen LogP contribution in [0.3, 0.4) is 0 Å². The third-order valence-electron chi connectivity index (χ3n) is 4.21. The molecule has 0 radical (unpaired) electrons. The highest BCUT2D eigenvalue weighted by Gasteiger charge is 2.27. The van der Waals surface area contributed by atoms with Gasteiger partial charge < -0.3 is 11.1 Å². The van der Waals surface area contributed by atoms with E-state index in [9.17, 15) is 4.79 Å². The van der Waals surface area contributed by atoms with Crippen LogP contribution in [0.4, 0.5) is 5.69 Å². The Morgan fingerprint density at radius 1 is 1.50 bits per heavy atom. The van der Waals surface area contributed by atoms with Crippen molar-refractivity contribution in [1.29, 1.82) is 0 Å². The highest BCUT2D eigenvalue weighted by Crippen LogP contribution is 2.22. The Morgan fingerprint density at radius 3 is 2.95 bits per heavy atom. The van der Waals surface area contributed by atoms with Gasteiger partial charge in [-0.05, 0) is 43.5 Å². The number of hydrogen-bond donors (Lipinski definition) is 2. The molecule has 2 atom stereocenters. The molecule has 1 aliphatic heterocycles. The number of hydrogen-bond acceptors (Lipinski definition) is 3. The molecule has 0 aliphatic carbocycles. The van der Waals surface area contributed by atoms with Gasteiger partial charge in [0, 0.05) is 36.3 Å². The van der Waals surface area contributed by atoms with Crippen LogP contribution in [0.5, 0.6) is 0 Å². The number of likely N-dealkylation sites (tertiary alicyclic amines) is 1. The van der Waals surface area contributed by atoms with Gasteiger partial charge in [-0.15, -0.1) is 12.4 Å². The van der Waals surface area contributed by atoms with Crippen LogP contribution >= 0.6 is 24.0 Å². The molecule has 1 aromatic carbocycles. The van der Waals surface area contributed by atoms with Crippen molar-refractivity contribution in [1.82, 2.24) is 4.90 Å². The van der Waals surface area contributed by atoms with Crippen molar-refractivity contribution >= 4 is 35.6 Å². The molecule has 1 fully saturated rings. The maximum Gasteiger partial charge on any atom is 0.225 e. The molecule has 22 heavy (non-hydrogen) atoms.